The number of benzene rings is 1. The number of ether oxygens (including phenoxy) is 1. The molecule has 2 aliphatic rings. The Bertz CT molecular complexity index is 912. The molecule has 2 unspecified atom stereocenters. The number of hydrogen-bond donors (Lipinski definition) is 1. The predicted octanol–water partition coefficient (Wildman–Crippen LogP) is 3.58. The Kier molecular flexibility index (Phi) is 9.63. The summed E-state index contributed by atoms with van der Waals surface area (Å²) in [4.78, 5) is 17.0. The molecule has 1 N–H and O–H groups in total. The van der Waals surface area contributed by atoms with Crippen molar-refractivity contribution in [2.75, 3.05) is 32.8 Å². The molecule has 0 radical (unpaired) electrons. The van der Waals surface area contributed by atoms with E-state index >= 15 is 0 Å². The summed E-state index contributed by atoms with van der Waals surface area (Å²) in [6, 6.07) is 5.84. The molecule has 0 aliphatic carbocycles. The van der Waals surface area contributed by atoms with E-state index in [2.05, 4.69) is 11.8 Å². The molecule has 2 heterocycles. The van der Waals surface area contributed by atoms with Crippen LogP contribution in [0.4, 0.5) is 4.79 Å². The molecule has 34 heavy (non-hydrogen) atoms. The summed E-state index contributed by atoms with van der Waals surface area (Å²) in [5.74, 6) is 0. The first-order valence-electron chi connectivity index (χ1n) is 12.3. The van der Waals surface area contributed by atoms with E-state index < -0.39 is 22.2 Å². The van der Waals surface area contributed by atoms with Gasteiger partial charge in [-0.3, -0.25) is 4.90 Å². The molecule has 1 amide bonds. The second kappa shape index (κ2) is 12.0. The Morgan fingerprint density at radius 3 is 2.62 bits per heavy atom. The maximum absolute atomic E-state index is 13.4. The molecule has 1 aromatic rings. The smallest absolute Gasteiger partial charge is 0.409 e. The predicted molar refractivity (Wildman–Crippen MR) is 132 cm³/mol. The second-order valence-electron chi connectivity index (χ2n) is 9.45. The fraction of sp³-hybridized carbons (Fsp3) is 0.708. The van der Waals surface area contributed by atoms with E-state index in [0.717, 1.165) is 32.4 Å². The van der Waals surface area contributed by atoms with Crippen LogP contribution in [0.1, 0.15) is 52.9 Å². The molecule has 4 atom stereocenters. The second-order valence-corrected chi connectivity index (χ2v) is 11.7. The van der Waals surface area contributed by atoms with Crippen LogP contribution in [0, 0.1) is 0 Å². The maximum Gasteiger partial charge on any atom is 0.409 e. The molecule has 1 aromatic carbocycles. The van der Waals surface area contributed by atoms with Crippen molar-refractivity contribution < 1.29 is 23.1 Å². The van der Waals surface area contributed by atoms with Crippen molar-refractivity contribution in [1.29, 1.82) is 0 Å². The zero-order chi connectivity index (χ0) is 24.9. The Labute approximate surface area is 208 Å². The average molecular weight is 516 g/mol. The first-order chi connectivity index (χ1) is 16.1. The normalized spacial score (nSPS) is 25.0. The molecule has 10 heteroatoms. The summed E-state index contributed by atoms with van der Waals surface area (Å²) in [7, 11) is -3.74. The number of rotatable bonds is 9. The van der Waals surface area contributed by atoms with Crippen molar-refractivity contribution in [3.8, 4) is 0 Å². The summed E-state index contributed by atoms with van der Waals surface area (Å²) in [6.45, 7) is 8.66. The van der Waals surface area contributed by atoms with Gasteiger partial charge in [0.25, 0.3) is 0 Å². The number of hydrogen-bond acceptors (Lipinski definition) is 6. The highest BCUT2D eigenvalue weighted by atomic mass is 35.5. The topological polar surface area (TPSA) is 90.4 Å². The third-order valence-corrected chi connectivity index (χ3v) is 9.25. The number of aliphatic hydroxyl groups is 1. The number of aliphatic hydroxyl groups excluding tert-OH is 1. The van der Waals surface area contributed by atoms with E-state index in [-0.39, 0.29) is 29.7 Å². The van der Waals surface area contributed by atoms with Crippen LogP contribution >= 0.6 is 11.6 Å². The van der Waals surface area contributed by atoms with Crippen molar-refractivity contribution in [1.82, 2.24) is 14.1 Å². The monoisotopic (exact) mass is 515 g/mol. The SMILES string of the molecule is CCN(CCC(C)O)C1CCN(C(=O)OC[C@H]2CCC[C@@H](C)N2S(=O)(=O)c2ccc(Cl)cc2)C1. The third kappa shape index (κ3) is 6.63. The van der Waals surface area contributed by atoms with Gasteiger partial charge in [0.15, 0.2) is 0 Å². The lowest BCUT2D eigenvalue weighted by Crippen LogP contribution is -2.51. The molecular formula is C24H38ClN3O5S. The van der Waals surface area contributed by atoms with Crippen LogP contribution in [0.25, 0.3) is 0 Å². The minimum Gasteiger partial charge on any atom is -0.448 e. The van der Waals surface area contributed by atoms with E-state index in [4.69, 9.17) is 16.3 Å². The largest absolute Gasteiger partial charge is 0.448 e. The number of carbonyl (C=O) groups excluding carboxylic acids is 1. The molecule has 2 aliphatic heterocycles. The van der Waals surface area contributed by atoms with Gasteiger partial charge in [0.05, 0.1) is 17.0 Å². The number of likely N-dealkylation sites (tertiary alicyclic amines) is 1. The fourth-order valence-corrected chi connectivity index (χ4v) is 6.98. The molecule has 0 aromatic heterocycles. The molecule has 2 saturated heterocycles. The quantitative estimate of drug-likeness (QED) is 0.540. The Morgan fingerprint density at radius 1 is 1.26 bits per heavy atom. The molecule has 3 rings (SSSR count). The maximum atomic E-state index is 13.4. The van der Waals surface area contributed by atoms with Crippen molar-refractivity contribution in [3.63, 3.8) is 0 Å². The van der Waals surface area contributed by atoms with Crippen LogP contribution in [-0.4, -0.2) is 90.7 Å². The van der Waals surface area contributed by atoms with Crippen molar-refractivity contribution in [2.45, 2.75) is 82.0 Å². The number of sulfonamides is 1. The minimum absolute atomic E-state index is 0.0384. The van der Waals surface area contributed by atoms with Gasteiger partial charge < -0.3 is 14.7 Å². The van der Waals surface area contributed by atoms with Crippen LogP contribution in [0.5, 0.6) is 0 Å². The number of halogens is 1. The molecule has 8 nitrogen and oxygen atoms in total. The lowest BCUT2D eigenvalue weighted by Gasteiger charge is -2.39. The summed E-state index contributed by atoms with van der Waals surface area (Å²) in [5.41, 5.74) is 0. The number of amides is 1. The summed E-state index contributed by atoms with van der Waals surface area (Å²) >= 11 is 5.94. The van der Waals surface area contributed by atoms with Crippen LogP contribution in [0.2, 0.25) is 5.02 Å². The zero-order valence-electron chi connectivity index (χ0n) is 20.4. The highest BCUT2D eigenvalue weighted by Gasteiger charge is 2.39. The van der Waals surface area contributed by atoms with Crippen molar-refractivity contribution in [3.05, 3.63) is 29.3 Å². The van der Waals surface area contributed by atoms with Crippen LogP contribution in [-0.2, 0) is 14.8 Å². The highest BCUT2D eigenvalue weighted by molar-refractivity contribution is 7.89. The molecular weight excluding hydrogens is 478 g/mol. The van der Waals surface area contributed by atoms with Gasteiger partial charge in [-0.2, -0.15) is 4.31 Å². The van der Waals surface area contributed by atoms with Crippen molar-refractivity contribution >= 4 is 27.7 Å². The number of nitrogens with zero attached hydrogens (tertiary/aromatic N) is 3. The summed E-state index contributed by atoms with van der Waals surface area (Å²) in [6.07, 6.45) is 3.13. The van der Waals surface area contributed by atoms with Gasteiger partial charge in [0, 0.05) is 36.7 Å². The first kappa shape index (κ1) is 27.2. The van der Waals surface area contributed by atoms with Gasteiger partial charge in [-0.25, -0.2) is 13.2 Å². The van der Waals surface area contributed by atoms with Crippen LogP contribution < -0.4 is 0 Å². The summed E-state index contributed by atoms with van der Waals surface area (Å²) in [5, 5.41) is 10.1. The standard InChI is InChI=1S/C24H38ClN3O5S/c1-4-26(14-12-19(3)29)21-13-15-27(16-21)24(30)33-17-22-7-5-6-18(2)28(22)34(31,32)23-10-8-20(25)9-11-23/h8-11,18-19,21-22,29H,4-7,12-17H2,1-3H3/t18-,19?,21?,22-/m1/s1. The molecule has 0 spiro atoms. The zero-order valence-corrected chi connectivity index (χ0v) is 22.0. The Morgan fingerprint density at radius 2 is 1.97 bits per heavy atom. The van der Waals surface area contributed by atoms with Crippen LogP contribution in [0.3, 0.4) is 0 Å². The van der Waals surface area contributed by atoms with E-state index in [9.17, 15) is 18.3 Å². The van der Waals surface area contributed by atoms with E-state index in [1.165, 1.54) is 16.4 Å². The molecule has 0 bridgehead atoms. The minimum atomic E-state index is -3.74. The lowest BCUT2D eigenvalue weighted by molar-refractivity contribution is 0.0669. The van der Waals surface area contributed by atoms with Gasteiger partial charge in [0.2, 0.25) is 10.0 Å². The molecule has 192 valence electrons. The van der Waals surface area contributed by atoms with Gasteiger partial charge in [-0.1, -0.05) is 24.9 Å². The van der Waals surface area contributed by atoms with E-state index in [1.807, 2.05) is 6.92 Å². The number of piperidine rings is 1. The molecule has 0 saturated carbocycles. The molecule has 2 fully saturated rings. The van der Waals surface area contributed by atoms with E-state index in [1.54, 1.807) is 24.0 Å². The lowest BCUT2D eigenvalue weighted by atomic mass is 10.0. The summed E-state index contributed by atoms with van der Waals surface area (Å²) < 4.78 is 33.9. The number of carbonyl (C=O) groups is 1. The van der Waals surface area contributed by atoms with Gasteiger partial charge in [-0.15, -0.1) is 0 Å². The third-order valence-electron chi connectivity index (χ3n) is 6.92. The van der Waals surface area contributed by atoms with Gasteiger partial charge in [-0.05, 0) is 70.3 Å². The van der Waals surface area contributed by atoms with Gasteiger partial charge >= 0.3 is 6.09 Å². The Hall–Kier alpha value is -1.39. The van der Waals surface area contributed by atoms with Gasteiger partial charge in [0.1, 0.15) is 6.61 Å². The Balaban J connectivity index is 1.61. The number of likely N-dealkylation sites (N-methyl/N-ethyl adjacent to an activating group) is 1. The average Bonchev–Trinajstić information content (AvgIpc) is 3.28. The van der Waals surface area contributed by atoms with E-state index in [0.29, 0.717) is 31.0 Å². The van der Waals surface area contributed by atoms with Crippen LogP contribution in [0.15, 0.2) is 29.2 Å². The first-order valence-corrected chi connectivity index (χ1v) is 14.1. The fourth-order valence-electron chi connectivity index (χ4n) is 5.00. The van der Waals surface area contributed by atoms with Crippen molar-refractivity contribution in [2.24, 2.45) is 0 Å². The highest BCUT2D eigenvalue weighted by Crippen LogP contribution is 2.30.